The van der Waals surface area contributed by atoms with Crippen molar-refractivity contribution in [2.45, 2.75) is 31.8 Å². The summed E-state index contributed by atoms with van der Waals surface area (Å²) in [4.78, 5) is 2.43. The van der Waals surface area contributed by atoms with Gasteiger partial charge in [0.05, 0.1) is 12.3 Å². The molecule has 1 aromatic heterocycles. The van der Waals surface area contributed by atoms with Gasteiger partial charge in [-0.1, -0.05) is 0 Å². The Kier molecular flexibility index (Phi) is 2.89. The fourth-order valence-corrected chi connectivity index (χ4v) is 2.02. The van der Waals surface area contributed by atoms with Gasteiger partial charge in [0.15, 0.2) is 0 Å². The summed E-state index contributed by atoms with van der Waals surface area (Å²) in [5, 5.41) is 0. The highest BCUT2D eigenvalue weighted by Gasteiger charge is 2.22. The fourth-order valence-electron chi connectivity index (χ4n) is 2.02. The molecule has 2 rings (SSSR count). The van der Waals surface area contributed by atoms with Gasteiger partial charge in [-0.05, 0) is 31.9 Å². The Balaban J connectivity index is 1.95. The summed E-state index contributed by atoms with van der Waals surface area (Å²) in [5.74, 6) is 1.06. The van der Waals surface area contributed by atoms with Crippen molar-refractivity contribution in [3.63, 3.8) is 0 Å². The molecule has 78 valence electrons. The summed E-state index contributed by atoms with van der Waals surface area (Å²) in [6.07, 6.45) is 3.94. The normalized spacial score (nSPS) is 22.4. The second-order valence-corrected chi connectivity index (χ2v) is 4.06. The van der Waals surface area contributed by atoms with Crippen LogP contribution in [0.2, 0.25) is 0 Å². The second-order valence-electron chi connectivity index (χ2n) is 4.06. The number of rotatable bonds is 2. The van der Waals surface area contributed by atoms with Crippen LogP contribution < -0.4 is 5.73 Å². The van der Waals surface area contributed by atoms with Crippen LogP contribution in [0, 0.1) is 0 Å². The van der Waals surface area contributed by atoms with Gasteiger partial charge in [-0.2, -0.15) is 0 Å². The standard InChI is InChI=1S/C11H18N2O/c1-9(11-3-2-8-14-11)13-6-4-10(12)5-7-13/h2-3,8-10H,4-7,12H2,1H3/t9-/m0/s1. The molecular weight excluding hydrogens is 176 g/mol. The van der Waals surface area contributed by atoms with Crippen molar-refractivity contribution >= 4 is 0 Å². The Labute approximate surface area is 84.9 Å². The SMILES string of the molecule is C[C@@H](c1ccco1)N1CCC(N)CC1. The molecule has 2 heterocycles. The van der Waals surface area contributed by atoms with Crippen LogP contribution in [-0.2, 0) is 0 Å². The molecule has 1 saturated heterocycles. The number of nitrogens with zero attached hydrogens (tertiary/aromatic N) is 1. The van der Waals surface area contributed by atoms with Gasteiger partial charge in [0.2, 0.25) is 0 Å². The molecule has 1 aliphatic rings. The van der Waals surface area contributed by atoms with Crippen molar-refractivity contribution in [1.82, 2.24) is 4.90 Å². The van der Waals surface area contributed by atoms with E-state index in [-0.39, 0.29) is 0 Å². The van der Waals surface area contributed by atoms with Gasteiger partial charge >= 0.3 is 0 Å². The Morgan fingerprint density at radius 1 is 1.50 bits per heavy atom. The molecule has 2 N–H and O–H groups in total. The summed E-state index contributed by atoms with van der Waals surface area (Å²) in [6, 6.07) is 4.77. The lowest BCUT2D eigenvalue weighted by molar-refractivity contribution is 0.147. The van der Waals surface area contributed by atoms with E-state index >= 15 is 0 Å². The molecular formula is C11H18N2O. The first-order valence-electron chi connectivity index (χ1n) is 5.30. The third-order valence-electron chi connectivity index (χ3n) is 3.08. The Morgan fingerprint density at radius 2 is 2.21 bits per heavy atom. The molecule has 0 unspecified atom stereocenters. The molecule has 0 radical (unpaired) electrons. The minimum atomic E-state index is 0.387. The summed E-state index contributed by atoms with van der Waals surface area (Å²) < 4.78 is 5.40. The Bertz CT molecular complexity index is 263. The minimum absolute atomic E-state index is 0.387. The largest absolute Gasteiger partial charge is 0.468 e. The monoisotopic (exact) mass is 194 g/mol. The average molecular weight is 194 g/mol. The van der Waals surface area contributed by atoms with Crippen LogP contribution in [0.15, 0.2) is 22.8 Å². The zero-order valence-corrected chi connectivity index (χ0v) is 8.65. The maximum absolute atomic E-state index is 5.87. The highest BCUT2D eigenvalue weighted by atomic mass is 16.3. The molecule has 3 nitrogen and oxygen atoms in total. The Hall–Kier alpha value is -0.800. The van der Waals surface area contributed by atoms with Gasteiger partial charge in [0.1, 0.15) is 5.76 Å². The average Bonchev–Trinajstić information content (AvgIpc) is 2.71. The van der Waals surface area contributed by atoms with Gasteiger partial charge in [0, 0.05) is 19.1 Å². The van der Waals surface area contributed by atoms with Crippen LogP contribution in [0.4, 0.5) is 0 Å². The second kappa shape index (κ2) is 4.15. The van der Waals surface area contributed by atoms with E-state index in [2.05, 4.69) is 11.8 Å². The number of furan rings is 1. The molecule has 14 heavy (non-hydrogen) atoms. The number of piperidine rings is 1. The van der Waals surface area contributed by atoms with Crippen molar-refractivity contribution in [2.75, 3.05) is 13.1 Å². The maximum Gasteiger partial charge on any atom is 0.120 e. The van der Waals surface area contributed by atoms with Crippen molar-refractivity contribution in [2.24, 2.45) is 5.73 Å². The Morgan fingerprint density at radius 3 is 2.79 bits per heavy atom. The predicted octanol–water partition coefficient (Wildman–Crippen LogP) is 1.76. The third kappa shape index (κ3) is 1.99. The molecule has 1 atom stereocenters. The van der Waals surface area contributed by atoms with E-state index < -0.39 is 0 Å². The molecule has 0 aromatic carbocycles. The number of hydrogen-bond donors (Lipinski definition) is 1. The van der Waals surface area contributed by atoms with Gasteiger partial charge in [-0.25, -0.2) is 0 Å². The van der Waals surface area contributed by atoms with Crippen LogP contribution >= 0.6 is 0 Å². The third-order valence-corrected chi connectivity index (χ3v) is 3.08. The first-order chi connectivity index (χ1) is 6.77. The molecule has 1 fully saturated rings. The van der Waals surface area contributed by atoms with Crippen LogP contribution in [0.25, 0.3) is 0 Å². The predicted molar refractivity (Wildman–Crippen MR) is 55.9 cm³/mol. The van der Waals surface area contributed by atoms with Gasteiger partial charge < -0.3 is 10.2 Å². The molecule has 0 spiro atoms. The summed E-state index contributed by atoms with van der Waals surface area (Å²) >= 11 is 0. The topological polar surface area (TPSA) is 42.4 Å². The van der Waals surface area contributed by atoms with Crippen LogP contribution in [0.3, 0.4) is 0 Å². The zero-order valence-electron chi connectivity index (χ0n) is 8.65. The van der Waals surface area contributed by atoms with Crippen molar-refractivity contribution in [1.29, 1.82) is 0 Å². The zero-order chi connectivity index (χ0) is 9.97. The van der Waals surface area contributed by atoms with E-state index in [0.717, 1.165) is 31.7 Å². The quantitative estimate of drug-likeness (QED) is 0.780. The van der Waals surface area contributed by atoms with Gasteiger partial charge in [-0.15, -0.1) is 0 Å². The molecule has 0 bridgehead atoms. The van der Waals surface area contributed by atoms with E-state index in [1.54, 1.807) is 6.26 Å². The highest BCUT2D eigenvalue weighted by molar-refractivity contribution is 5.03. The molecule has 1 aromatic rings. The summed E-state index contributed by atoms with van der Waals surface area (Å²) in [5.41, 5.74) is 5.87. The van der Waals surface area contributed by atoms with Crippen LogP contribution in [-0.4, -0.2) is 24.0 Å². The fraction of sp³-hybridized carbons (Fsp3) is 0.636. The minimum Gasteiger partial charge on any atom is -0.468 e. The van der Waals surface area contributed by atoms with E-state index in [0.29, 0.717) is 12.1 Å². The number of nitrogens with two attached hydrogens (primary N) is 1. The van der Waals surface area contributed by atoms with Crippen LogP contribution in [0.5, 0.6) is 0 Å². The lowest BCUT2D eigenvalue weighted by atomic mass is 10.0. The van der Waals surface area contributed by atoms with Crippen LogP contribution in [0.1, 0.15) is 31.6 Å². The number of likely N-dealkylation sites (tertiary alicyclic amines) is 1. The van der Waals surface area contributed by atoms with Crippen molar-refractivity contribution < 1.29 is 4.42 Å². The van der Waals surface area contributed by atoms with Gasteiger partial charge in [0.25, 0.3) is 0 Å². The van der Waals surface area contributed by atoms with Gasteiger partial charge in [-0.3, -0.25) is 4.90 Å². The molecule has 3 heteroatoms. The number of hydrogen-bond acceptors (Lipinski definition) is 3. The highest BCUT2D eigenvalue weighted by Crippen LogP contribution is 2.23. The van der Waals surface area contributed by atoms with Crippen molar-refractivity contribution in [3.8, 4) is 0 Å². The summed E-state index contributed by atoms with van der Waals surface area (Å²) in [7, 11) is 0. The molecule has 1 aliphatic heterocycles. The molecule has 0 saturated carbocycles. The lowest BCUT2D eigenvalue weighted by Crippen LogP contribution is -2.40. The molecule has 0 amide bonds. The van der Waals surface area contributed by atoms with E-state index in [4.69, 9.17) is 10.2 Å². The van der Waals surface area contributed by atoms with E-state index in [9.17, 15) is 0 Å². The smallest absolute Gasteiger partial charge is 0.120 e. The first kappa shape index (κ1) is 9.74. The van der Waals surface area contributed by atoms with Crippen molar-refractivity contribution in [3.05, 3.63) is 24.2 Å². The maximum atomic E-state index is 5.87. The first-order valence-corrected chi connectivity index (χ1v) is 5.30. The van der Waals surface area contributed by atoms with E-state index in [1.165, 1.54) is 0 Å². The summed E-state index contributed by atoms with van der Waals surface area (Å²) in [6.45, 7) is 4.36. The molecule has 0 aliphatic carbocycles. The lowest BCUT2D eigenvalue weighted by Gasteiger charge is -2.33. The van der Waals surface area contributed by atoms with E-state index in [1.807, 2.05) is 12.1 Å².